The number of allylic oxidation sites excluding steroid dienone is 1. The molecule has 4 aliphatic rings. The lowest BCUT2D eigenvalue weighted by atomic mass is 9.73. The molecule has 0 aromatic carbocycles. The van der Waals surface area contributed by atoms with Crippen LogP contribution >= 0.6 is 0 Å². The molecule has 0 aromatic rings. The normalized spacial score (nSPS) is 32.8. The highest BCUT2D eigenvalue weighted by molar-refractivity contribution is 6.28. The molecule has 0 saturated carbocycles. The molecule has 3 aliphatic heterocycles. The number of halogens is 3. The third-order valence-corrected chi connectivity index (χ3v) is 5.46. The van der Waals surface area contributed by atoms with Gasteiger partial charge in [0, 0.05) is 12.2 Å². The van der Waals surface area contributed by atoms with Crippen molar-refractivity contribution >= 4 is 18.0 Å². The van der Waals surface area contributed by atoms with Gasteiger partial charge < -0.3 is 9.80 Å². The number of likely N-dealkylation sites (tertiary alicyclic amines) is 1. The maximum atomic E-state index is 12.8. The first-order chi connectivity index (χ1) is 12.3. The molecule has 1 spiro atoms. The number of amides is 1. The van der Waals surface area contributed by atoms with Crippen molar-refractivity contribution in [1.82, 2.24) is 9.80 Å². The summed E-state index contributed by atoms with van der Waals surface area (Å²) in [5.41, 5.74) is -0.424. The summed E-state index contributed by atoms with van der Waals surface area (Å²) in [6, 6.07) is 1.92. The van der Waals surface area contributed by atoms with Gasteiger partial charge in [-0.2, -0.15) is 18.4 Å². The molecule has 26 heavy (non-hydrogen) atoms. The maximum Gasteiger partial charge on any atom is 0.406 e. The lowest BCUT2D eigenvalue weighted by molar-refractivity contribution is -0.154. The number of carbonyl (C=O) groups excluding carboxylic acids is 2. The Morgan fingerprint density at radius 2 is 2.23 bits per heavy atom. The van der Waals surface area contributed by atoms with Gasteiger partial charge in [0.1, 0.15) is 12.1 Å². The van der Waals surface area contributed by atoms with Gasteiger partial charge in [0.2, 0.25) is 5.91 Å². The number of fused-ring (bicyclic) bond motifs is 3. The average Bonchev–Trinajstić information content (AvgIpc) is 3.22. The van der Waals surface area contributed by atoms with Crippen molar-refractivity contribution in [3.05, 3.63) is 23.4 Å². The van der Waals surface area contributed by atoms with Crippen molar-refractivity contribution in [3.8, 4) is 6.07 Å². The number of nitriles is 1. The fraction of sp³-hybridized carbons (Fsp3) is 0.529. The molecule has 3 heterocycles. The van der Waals surface area contributed by atoms with Gasteiger partial charge in [-0.1, -0.05) is 0 Å². The molecule has 0 radical (unpaired) electrons. The van der Waals surface area contributed by atoms with Crippen LogP contribution < -0.4 is 0 Å². The predicted molar refractivity (Wildman–Crippen MR) is 83.6 cm³/mol. The van der Waals surface area contributed by atoms with Crippen LogP contribution in [-0.2, 0) is 9.59 Å². The second kappa shape index (κ2) is 5.43. The summed E-state index contributed by atoms with van der Waals surface area (Å²) in [7, 11) is 0. The van der Waals surface area contributed by atoms with Gasteiger partial charge in [-0.25, -0.2) is 0 Å². The molecule has 2 saturated heterocycles. The van der Waals surface area contributed by atoms with E-state index >= 15 is 0 Å². The summed E-state index contributed by atoms with van der Waals surface area (Å²) in [4.78, 5) is 30.6. The Kier molecular flexibility index (Phi) is 3.51. The largest absolute Gasteiger partial charge is 0.406 e. The summed E-state index contributed by atoms with van der Waals surface area (Å²) in [5.74, 6) is -1.22. The van der Waals surface area contributed by atoms with Crippen molar-refractivity contribution in [3.63, 3.8) is 0 Å². The molecule has 0 bridgehead atoms. The third kappa shape index (κ3) is 2.28. The highest BCUT2D eigenvalue weighted by Gasteiger charge is 2.56. The van der Waals surface area contributed by atoms with E-state index in [0.29, 0.717) is 23.3 Å². The van der Waals surface area contributed by atoms with E-state index in [1.54, 1.807) is 6.08 Å². The Hall–Kier alpha value is -2.63. The molecule has 1 amide bonds. The summed E-state index contributed by atoms with van der Waals surface area (Å²) in [5, 5.41) is 9.67. The number of rotatable bonds is 2. The van der Waals surface area contributed by atoms with Crippen LogP contribution in [0.25, 0.3) is 0 Å². The molecule has 3 unspecified atom stereocenters. The first-order valence-corrected chi connectivity index (χ1v) is 8.31. The van der Waals surface area contributed by atoms with E-state index in [0.717, 1.165) is 12.8 Å². The highest BCUT2D eigenvalue weighted by atomic mass is 19.4. The Morgan fingerprint density at radius 1 is 1.46 bits per heavy atom. The summed E-state index contributed by atoms with van der Waals surface area (Å²) < 4.78 is 38.4. The van der Waals surface area contributed by atoms with Crippen LogP contribution in [-0.4, -0.2) is 58.7 Å². The molecule has 0 aromatic heterocycles. The lowest BCUT2D eigenvalue weighted by Gasteiger charge is -2.37. The smallest absolute Gasteiger partial charge is 0.348 e. The third-order valence-electron chi connectivity index (χ3n) is 5.46. The summed E-state index contributed by atoms with van der Waals surface area (Å²) >= 11 is 0. The van der Waals surface area contributed by atoms with E-state index in [1.165, 1.54) is 6.08 Å². The average molecular weight is 364 g/mol. The van der Waals surface area contributed by atoms with E-state index in [1.807, 2.05) is 4.90 Å². The van der Waals surface area contributed by atoms with Gasteiger partial charge in [0.25, 0.3) is 0 Å². The van der Waals surface area contributed by atoms with Gasteiger partial charge in [0.05, 0.1) is 24.4 Å². The monoisotopic (exact) mass is 364 g/mol. The number of hydrogen-bond donors (Lipinski definition) is 0. The molecule has 6 nitrogen and oxygen atoms in total. The maximum absolute atomic E-state index is 12.8. The zero-order valence-corrected chi connectivity index (χ0v) is 13.7. The van der Waals surface area contributed by atoms with Crippen molar-refractivity contribution in [2.24, 2.45) is 10.9 Å². The van der Waals surface area contributed by atoms with Crippen LogP contribution in [0.2, 0.25) is 0 Å². The number of alkyl halides is 3. The second-order valence-corrected chi connectivity index (χ2v) is 6.93. The zero-order valence-electron chi connectivity index (χ0n) is 13.7. The van der Waals surface area contributed by atoms with Crippen LogP contribution in [0.5, 0.6) is 0 Å². The van der Waals surface area contributed by atoms with E-state index in [2.05, 4.69) is 11.1 Å². The molecule has 0 N–H and O–H groups in total. The van der Waals surface area contributed by atoms with Crippen LogP contribution in [0.15, 0.2) is 28.4 Å². The zero-order chi connectivity index (χ0) is 18.7. The van der Waals surface area contributed by atoms with Crippen LogP contribution in [0.3, 0.4) is 0 Å². The molecule has 2 fully saturated rings. The summed E-state index contributed by atoms with van der Waals surface area (Å²) in [6.45, 7) is -0.723. The van der Waals surface area contributed by atoms with Crippen molar-refractivity contribution < 1.29 is 22.8 Å². The molecule has 9 heteroatoms. The van der Waals surface area contributed by atoms with Crippen LogP contribution in [0.4, 0.5) is 13.2 Å². The summed E-state index contributed by atoms with van der Waals surface area (Å²) in [6.07, 6.45) is 0.614. The van der Waals surface area contributed by atoms with Crippen molar-refractivity contribution in [1.29, 1.82) is 5.26 Å². The molecular formula is C17H15F3N4O2. The van der Waals surface area contributed by atoms with Crippen LogP contribution in [0, 0.1) is 17.2 Å². The number of nitrogens with zero attached hydrogens (tertiary/aromatic N) is 4. The molecule has 1 aliphatic carbocycles. The minimum Gasteiger partial charge on any atom is -0.348 e. The van der Waals surface area contributed by atoms with Gasteiger partial charge in [-0.3, -0.25) is 14.6 Å². The number of amidine groups is 1. The Labute approximate surface area is 147 Å². The molecule has 4 rings (SSSR count). The highest BCUT2D eigenvalue weighted by Crippen LogP contribution is 2.48. The minimum atomic E-state index is -4.53. The standard InChI is InChI=1S/C17H15F3N4O2/c18-17(19,20)9-24-12-5-11(7-21)16(6-10(12)4-15(24)26)13-2-1-3-23(13)14(8-25)22-16/h5-6,8,11,13H,1-4,9H2. The Morgan fingerprint density at radius 3 is 2.88 bits per heavy atom. The van der Waals surface area contributed by atoms with E-state index in [-0.39, 0.29) is 24.0 Å². The Balaban J connectivity index is 1.78. The second-order valence-electron chi connectivity index (χ2n) is 6.93. The molecule has 136 valence electrons. The number of hydrogen-bond acceptors (Lipinski definition) is 5. The fourth-order valence-corrected chi connectivity index (χ4v) is 4.49. The Bertz CT molecular complexity index is 823. The van der Waals surface area contributed by atoms with E-state index in [9.17, 15) is 28.0 Å². The molecular weight excluding hydrogens is 349 g/mol. The van der Waals surface area contributed by atoms with Gasteiger partial charge >= 0.3 is 6.18 Å². The lowest BCUT2D eigenvalue weighted by Crippen LogP contribution is -2.48. The number of aldehydes is 1. The van der Waals surface area contributed by atoms with Gasteiger partial charge in [0.15, 0.2) is 12.1 Å². The van der Waals surface area contributed by atoms with E-state index in [4.69, 9.17) is 0 Å². The van der Waals surface area contributed by atoms with Crippen molar-refractivity contribution in [2.45, 2.75) is 37.0 Å². The quantitative estimate of drug-likeness (QED) is 0.697. The molecule has 3 atom stereocenters. The minimum absolute atomic E-state index is 0.142. The topological polar surface area (TPSA) is 76.8 Å². The number of carbonyl (C=O) groups is 2. The van der Waals surface area contributed by atoms with E-state index < -0.39 is 30.1 Å². The van der Waals surface area contributed by atoms with Crippen LogP contribution in [0.1, 0.15) is 19.3 Å². The first-order valence-electron chi connectivity index (χ1n) is 8.31. The van der Waals surface area contributed by atoms with Crippen molar-refractivity contribution in [2.75, 3.05) is 13.1 Å². The number of aliphatic imine (C=N–C) groups is 1. The first kappa shape index (κ1) is 16.8. The van der Waals surface area contributed by atoms with Gasteiger partial charge in [-0.15, -0.1) is 0 Å². The fourth-order valence-electron chi connectivity index (χ4n) is 4.49. The predicted octanol–water partition coefficient (Wildman–Crippen LogP) is 1.56. The SMILES string of the molecule is N#CC1C=C2C(=CC13N=C(C=O)N1CCCC13)CC(=O)N2CC(F)(F)F. The van der Waals surface area contributed by atoms with Gasteiger partial charge in [-0.05, 0) is 30.6 Å².